The smallest absolute Gasteiger partial charge is 0.167 e. The molecule has 2 aromatic heterocycles. The number of aliphatic hydroxyl groups excluding tert-OH is 2. The van der Waals surface area contributed by atoms with Crippen LogP contribution in [-0.4, -0.2) is 54.1 Å². The molecule has 0 bridgehead atoms. The van der Waals surface area contributed by atoms with Crippen molar-refractivity contribution in [3.63, 3.8) is 0 Å². The second-order valence-corrected chi connectivity index (χ2v) is 8.36. The number of nitrogens with zero attached hydrogens (tertiary/aromatic N) is 4. The van der Waals surface area contributed by atoms with Crippen LogP contribution in [0.5, 0.6) is 0 Å². The Balaban J connectivity index is 1.39. The van der Waals surface area contributed by atoms with E-state index in [1.165, 1.54) is 19.2 Å². The van der Waals surface area contributed by atoms with Gasteiger partial charge in [0.1, 0.15) is 24.6 Å². The number of hydrogen-bond donors (Lipinski definition) is 3. The summed E-state index contributed by atoms with van der Waals surface area (Å²) in [4.78, 5) is 13.2. The molecule has 0 amide bonds. The number of aromatic nitrogens is 4. The lowest BCUT2D eigenvalue weighted by molar-refractivity contribution is -0.0243. The molecule has 5 rings (SSSR count). The number of aryl methyl sites for hydroxylation is 1. The molecule has 1 saturated carbocycles. The Bertz CT molecular complexity index is 1090. The lowest BCUT2D eigenvalue weighted by Gasteiger charge is -2.17. The number of rotatable bonds is 5. The van der Waals surface area contributed by atoms with Crippen molar-refractivity contribution in [1.82, 2.24) is 19.5 Å². The third kappa shape index (κ3) is 3.82. The Labute approximate surface area is 180 Å². The summed E-state index contributed by atoms with van der Waals surface area (Å²) in [6.45, 7) is 2.03. The van der Waals surface area contributed by atoms with E-state index in [1.807, 2.05) is 37.3 Å². The van der Waals surface area contributed by atoms with E-state index in [0.717, 1.165) is 24.0 Å². The Kier molecular flexibility index (Phi) is 5.43. The topological polar surface area (TPSA) is 105 Å². The van der Waals surface area contributed by atoms with Crippen LogP contribution in [0.25, 0.3) is 17.2 Å². The Morgan fingerprint density at radius 1 is 1.10 bits per heavy atom. The molecule has 8 nitrogen and oxygen atoms in total. The van der Waals surface area contributed by atoms with E-state index in [0.29, 0.717) is 23.0 Å². The number of ether oxygens (including phenoxy) is 1. The molecule has 3 N–H and O–H groups in total. The standard InChI is InChI=1S/C23H27N5O3/c1-14-6-2-3-7-15(14)10-11-17-19(29)20(30)23(31-17)28-13-26-18-21(24-12-25-22(18)28)27-16-8-4-5-9-16/h2-3,6-7,10-13,16-17,19-20,23,29-30H,4-5,8-9H2,1H3,(H,24,25,27)/t17?,19-,20?,23-/m1/s1. The third-order valence-corrected chi connectivity index (χ3v) is 6.26. The second kappa shape index (κ2) is 8.37. The van der Waals surface area contributed by atoms with Gasteiger partial charge >= 0.3 is 0 Å². The van der Waals surface area contributed by atoms with Crippen molar-refractivity contribution < 1.29 is 14.9 Å². The first-order valence-corrected chi connectivity index (χ1v) is 10.8. The van der Waals surface area contributed by atoms with Gasteiger partial charge in [-0.15, -0.1) is 0 Å². The number of anilines is 1. The maximum absolute atomic E-state index is 10.7. The largest absolute Gasteiger partial charge is 0.387 e. The van der Waals surface area contributed by atoms with Gasteiger partial charge in [0.2, 0.25) is 0 Å². The van der Waals surface area contributed by atoms with Gasteiger partial charge in [0.15, 0.2) is 23.2 Å². The predicted octanol–water partition coefficient (Wildman–Crippen LogP) is 2.82. The van der Waals surface area contributed by atoms with E-state index >= 15 is 0 Å². The SMILES string of the molecule is Cc1ccccc1C=CC1O[C@@H](n2cnc3c(NC4CCCC4)ncnc32)C(O)[C@@H]1O. The van der Waals surface area contributed by atoms with Crippen molar-refractivity contribution in [3.05, 3.63) is 54.1 Å². The van der Waals surface area contributed by atoms with Gasteiger partial charge in [0.05, 0.1) is 6.33 Å². The summed E-state index contributed by atoms with van der Waals surface area (Å²) in [6, 6.07) is 8.37. The molecule has 0 spiro atoms. The van der Waals surface area contributed by atoms with Crippen LogP contribution in [0.2, 0.25) is 0 Å². The molecule has 1 aliphatic heterocycles. The molecule has 31 heavy (non-hydrogen) atoms. The maximum Gasteiger partial charge on any atom is 0.167 e. The zero-order chi connectivity index (χ0) is 21.4. The molecule has 4 atom stereocenters. The molecule has 2 fully saturated rings. The van der Waals surface area contributed by atoms with Gasteiger partial charge in [0, 0.05) is 6.04 Å². The second-order valence-electron chi connectivity index (χ2n) is 8.36. The summed E-state index contributed by atoms with van der Waals surface area (Å²) in [5, 5.41) is 24.7. The quantitative estimate of drug-likeness (QED) is 0.582. The highest BCUT2D eigenvalue weighted by Gasteiger charge is 2.43. The van der Waals surface area contributed by atoms with Crippen LogP contribution >= 0.6 is 0 Å². The van der Waals surface area contributed by atoms with E-state index in [4.69, 9.17) is 4.74 Å². The van der Waals surface area contributed by atoms with Gasteiger partial charge < -0.3 is 20.3 Å². The van der Waals surface area contributed by atoms with Gasteiger partial charge in [-0.2, -0.15) is 0 Å². The average Bonchev–Trinajstić information content (AvgIpc) is 3.50. The molecule has 3 aromatic rings. The maximum atomic E-state index is 10.7. The molecule has 2 aliphatic rings. The van der Waals surface area contributed by atoms with Crippen molar-refractivity contribution in [3.8, 4) is 0 Å². The first kappa shape index (κ1) is 20.1. The van der Waals surface area contributed by atoms with Crippen molar-refractivity contribution in [2.75, 3.05) is 5.32 Å². The molecule has 1 aromatic carbocycles. The highest BCUT2D eigenvalue weighted by Crippen LogP contribution is 2.33. The lowest BCUT2D eigenvalue weighted by atomic mass is 10.1. The molecule has 1 aliphatic carbocycles. The van der Waals surface area contributed by atoms with Crippen molar-refractivity contribution in [1.29, 1.82) is 0 Å². The van der Waals surface area contributed by atoms with Crippen LogP contribution in [0.3, 0.4) is 0 Å². The monoisotopic (exact) mass is 421 g/mol. The zero-order valence-electron chi connectivity index (χ0n) is 17.4. The molecule has 8 heteroatoms. The minimum Gasteiger partial charge on any atom is -0.387 e. The molecule has 2 unspecified atom stereocenters. The van der Waals surface area contributed by atoms with Crippen LogP contribution in [0.4, 0.5) is 5.82 Å². The summed E-state index contributed by atoms with van der Waals surface area (Å²) in [6.07, 6.45) is 7.87. The fourth-order valence-corrected chi connectivity index (χ4v) is 4.45. The molecule has 1 saturated heterocycles. The van der Waals surface area contributed by atoms with Crippen LogP contribution in [0.1, 0.15) is 43.0 Å². The molecule has 162 valence electrons. The molecule has 0 radical (unpaired) electrons. The predicted molar refractivity (Wildman–Crippen MR) is 117 cm³/mol. The summed E-state index contributed by atoms with van der Waals surface area (Å²) in [5.74, 6) is 0.694. The van der Waals surface area contributed by atoms with Crippen molar-refractivity contribution in [2.24, 2.45) is 0 Å². The highest BCUT2D eigenvalue weighted by molar-refractivity contribution is 5.82. The van der Waals surface area contributed by atoms with Gasteiger partial charge in [-0.25, -0.2) is 15.0 Å². The summed E-state index contributed by atoms with van der Waals surface area (Å²) in [7, 11) is 0. The van der Waals surface area contributed by atoms with E-state index < -0.39 is 24.5 Å². The third-order valence-electron chi connectivity index (χ3n) is 6.26. The fourth-order valence-electron chi connectivity index (χ4n) is 4.45. The van der Waals surface area contributed by atoms with Crippen molar-refractivity contribution in [2.45, 2.75) is 63.2 Å². The van der Waals surface area contributed by atoms with Crippen LogP contribution < -0.4 is 5.32 Å². The summed E-state index contributed by atoms with van der Waals surface area (Å²) >= 11 is 0. The first-order chi connectivity index (χ1) is 15.1. The van der Waals surface area contributed by atoms with Gasteiger partial charge in [-0.3, -0.25) is 4.57 Å². The van der Waals surface area contributed by atoms with Crippen LogP contribution in [0.15, 0.2) is 43.0 Å². The molecular formula is C23H27N5O3. The highest BCUT2D eigenvalue weighted by atomic mass is 16.6. The fraction of sp³-hybridized carbons (Fsp3) is 0.435. The minimum atomic E-state index is -1.11. The minimum absolute atomic E-state index is 0.398. The molecular weight excluding hydrogens is 394 g/mol. The van der Waals surface area contributed by atoms with Gasteiger partial charge in [-0.05, 0) is 30.9 Å². The number of benzene rings is 1. The van der Waals surface area contributed by atoms with Crippen LogP contribution in [0, 0.1) is 6.92 Å². The van der Waals surface area contributed by atoms with E-state index in [9.17, 15) is 10.2 Å². The van der Waals surface area contributed by atoms with E-state index in [1.54, 1.807) is 17.0 Å². The van der Waals surface area contributed by atoms with E-state index in [2.05, 4.69) is 20.3 Å². The number of fused-ring (bicyclic) bond motifs is 1. The normalized spacial score (nSPS) is 26.9. The number of nitrogens with one attached hydrogen (secondary N) is 1. The van der Waals surface area contributed by atoms with Gasteiger partial charge in [0.25, 0.3) is 0 Å². The Hall–Kier alpha value is -2.81. The van der Waals surface area contributed by atoms with Crippen molar-refractivity contribution >= 4 is 23.1 Å². The first-order valence-electron chi connectivity index (χ1n) is 10.8. The number of aliphatic hydroxyl groups is 2. The summed E-state index contributed by atoms with van der Waals surface area (Å²) in [5.41, 5.74) is 3.37. The number of hydrogen-bond acceptors (Lipinski definition) is 7. The summed E-state index contributed by atoms with van der Waals surface area (Å²) < 4.78 is 7.70. The van der Waals surface area contributed by atoms with Gasteiger partial charge in [-0.1, -0.05) is 49.3 Å². The lowest BCUT2D eigenvalue weighted by Crippen LogP contribution is -2.30. The zero-order valence-corrected chi connectivity index (χ0v) is 17.4. The van der Waals surface area contributed by atoms with E-state index in [-0.39, 0.29) is 0 Å². The Morgan fingerprint density at radius 3 is 2.71 bits per heavy atom. The number of imidazole rings is 1. The van der Waals surface area contributed by atoms with Crippen LogP contribution in [-0.2, 0) is 4.74 Å². The Morgan fingerprint density at radius 2 is 1.90 bits per heavy atom. The molecule has 3 heterocycles. The average molecular weight is 422 g/mol.